The van der Waals surface area contributed by atoms with Crippen LogP contribution in [0.25, 0.3) is 10.1 Å². The molecule has 2 aromatic rings. The summed E-state index contributed by atoms with van der Waals surface area (Å²) in [5.41, 5.74) is 0.895. The number of rotatable bonds is 1. The van der Waals surface area contributed by atoms with Crippen LogP contribution in [-0.4, -0.2) is 37.5 Å². The molecule has 128 valence electrons. The molecule has 2 fully saturated rings. The molecule has 1 aromatic heterocycles. The molecular weight excluding hydrogens is 340 g/mol. The maximum absolute atomic E-state index is 12.1. The minimum atomic E-state index is -1.39. The van der Waals surface area contributed by atoms with Crippen LogP contribution < -0.4 is 10.2 Å². The molecule has 6 nitrogen and oxygen atoms in total. The Morgan fingerprint density at radius 2 is 1.92 bits per heavy atom. The summed E-state index contributed by atoms with van der Waals surface area (Å²) < 4.78 is 12.6. The number of anilines is 1. The lowest BCUT2D eigenvalue weighted by atomic mass is 9.97. The molecule has 3 aliphatic heterocycles. The van der Waals surface area contributed by atoms with E-state index in [2.05, 4.69) is 17.4 Å². The third-order valence-electron chi connectivity index (χ3n) is 5.20. The van der Waals surface area contributed by atoms with Crippen molar-refractivity contribution in [2.75, 3.05) is 24.5 Å². The molecule has 0 bridgehead atoms. The van der Waals surface area contributed by atoms with Crippen LogP contribution in [0.4, 0.5) is 5.69 Å². The molecular formula is C18H16N2O4S. The van der Waals surface area contributed by atoms with Crippen LogP contribution in [0.5, 0.6) is 0 Å². The number of hydrogen-bond acceptors (Lipinski definition) is 7. The molecule has 1 spiro atoms. The van der Waals surface area contributed by atoms with Crippen LogP contribution in [0.15, 0.2) is 41.8 Å². The van der Waals surface area contributed by atoms with Gasteiger partial charge in [0.25, 0.3) is 0 Å². The Morgan fingerprint density at radius 3 is 2.72 bits per heavy atom. The van der Waals surface area contributed by atoms with E-state index in [1.807, 2.05) is 22.4 Å². The van der Waals surface area contributed by atoms with Crippen LogP contribution in [0.1, 0.15) is 0 Å². The van der Waals surface area contributed by atoms with Gasteiger partial charge in [0.15, 0.2) is 0 Å². The van der Waals surface area contributed by atoms with Gasteiger partial charge in [0.2, 0.25) is 0 Å². The van der Waals surface area contributed by atoms with Gasteiger partial charge in [0.1, 0.15) is 0 Å². The normalized spacial score (nSPS) is 27.4. The van der Waals surface area contributed by atoms with Gasteiger partial charge in [-0.25, -0.2) is 9.59 Å². The van der Waals surface area contributed by atoms with Gasteiger partial charge in [-0.2, -0.15) is 0 Å². The van der Waals surface area contributed by atoms with Gasteiger partial charge in [-0.15, -0.1) is 11.3 Å². The molecule has 0 aliphatic carbocycles. The first-order valence-electron chi connectivity index (χ1n) is 8.25. The van der Waals surface area contributed by atoms with Crippen molar-refractivity contribution in [3.05, 3.63) is 41.8 Å². The van der Waals surface area contributed by atoms with Crippen molar-refractivity contribution in [3.8, 4) is 0 Å². The molecule has 5 rings (SSSR count). The van der Waals surface area contributed by atoms with Crippen molar-refractivity contribution in [1.82, 2.24) is 5.32 Å². The van der Waals surface area contributed by atoms with Crippen molar-refractivity contribution in [2.24, 2.45) is 11.8 Å². The molecule has 0 amide bonds. The van der Waals surface area contributed by atoms with Crippen molar-refractivity contribution in [2.45, 2.75) is 5.91 Å². The summed E-state index contributed by atoms with van der Waals surface area (Å²) in [6, 6.07) is 8.17. The van der Waals surface area contributed by atoms with E-state index < -0.39 is 17.8 Å². The van der Waals surface area contributed by atoms with E-state index in [-0.39, 0.29) is 11.8 Å². The highest BCUT2D eigenvalue weighted by molar-refractivity contribution is 7.17. The minimum absolute atomic E-state index is 0.0978. The Morgan fingerprint density at radius 1 is 1.12 bits per heavy atom. The van der Waals surface area contributed by atoms with Crippen molar-refractivity contribution >= 4 is 39.0 Å². The summed E-state index contributed by atoms with van der Waals surface area (Å²) in [6.45, 7) is 2.12. The maximum atomic E-state index is 12.1. The van der Waals surface area contributed by atoms with Gasteiger partial charge in [-0.05, 0) is 29.0 Å². The smallest absolute Gasteiger partial charge is 0.347 e. The number of thiophene rings is 1. The van der Waals surface area contributed by atoms with Gasteiger partial charge in [0.05, 0.1) is 5.92 Å². The highest BCUT2D eigenvalue weighted by Crippen LogP contribution is 2.46. The van der Waals surface area contributed by atoms with Crippen LogP contribution in [0, 0.1) is 11.8 Å². The molecule has 7 heteroatoms. The summed E-state index contributed by atoms with van der Waals surface area (Å²) in [7, 11) is 0. The first-order chi connectivity index (χ1) is 12.2. The maximum Gasteiger partial charge on any atom is 0.347 e. The summed E-state index contributed by atoms with van der Waals surface area (Å²) in [6.07, 6.45) is 2.26. The summed E-state index contributed by atoms with van der Waals surface area (Å²) in [4.78, 5) is 26.2. The average Bonchev–Trinajstić information content (AvgIpc) is 3.27. The van der Waals surface area contributed by atoms with E-state index in [0.717, 1.165) is 29.1 Å². The monoisotopic (exact) mass is 356 g/mol. The van der Waals surface area contributed by atoms with Gasteiger partial charge in [-0.3, -0.25) is 4.90 Å². The Labute approximate surface area is 148 Å². The van der Waals surface area contributed by atoms with E-state index in [9.17, 15) is 9.59 Å². The molecule has 1 aromatic carbocycles. The lowest BCUT2D eigenvalue weighted by Gasteiger charge is -2.39. The second-order valence-corrected chi connectivity index (χ2v) is 7.53. The standard InChI is InChI=1S/C18H16N2O4S/c21-16-3-4-17(22)24-18(23-16)14-9-19-8-12(14)10-20(18)13-2-1-11-5-6-25-15(11)7-13/h1-7,12,14,19H,8-10H2. The number of carbonyl (C=O) groups is 2. The number of nitrogens with zero attached hydrogens (tertiary/aromatic N) is 1. The third kappa shape index (κ3) is 2.19. The zero-order chi connectivity index (χ0) is 17.0. The lowest BCUT2D eigenvalue weighted by Crippen LogP contribution is -2.55. The molecule has 0 radical (unpaired) electrons. The first kappa shape index (κ1) is 14.9. The van der Waals surface area contributed by atoms with E-state index in [4.69, 9.17) is 9.47 Å². The number of esters is 2. The Kier molecular flexibility index (Phi) is 3.17. The van der Waals surface area contributed by atoms with E-state index in [1.165, 1.54) is 5.39 Å². The summed E-state index contributed by atoms with van der Waals surface area (Å²) in [5, 5.41) is 6.53. The van der Waals surface area contributed by atoms with E-state index in [0.29, 0.717) is 13.1 Å². The van der Waals surface area contributed by atoms with Gasteiger partial charge >= 0.3 is 17.8 Å². The lowest BCUT2D eigenvalue weighted by molar-refractivity contribution is -0.230. The highest BCUT2D eigenvalue weighted by Gasteiger charge is 2.62. The van der Waals surface area contributed by atoms with Gasteiger partial charge < -0.3 is 14.8 Å². The summed E-state index contributed by atoms with van der Waals surface area (Å²) in [5.74, 6) is -2.35. The average molecular weight is 356 g/mol. The van der Waals surface area contributed by atoms with E-state index in [1.54, 1.807) is 11.3 Å². The molecule has 0 saturated carbocycles. The second-order valence-electron chi connectivity index (χ2n) is 6.58. The van der Waals surface area contributed by atoms with Crippen LogP contribution >= 0.6 is 11.3 Å². The van der Waals surface area contributed by atoms with E-state index >= 15 is 0 Å². The predicted octanol–water partition coefficient (Wildman–Crippen LogP) is 1.87. The number of ether oxygens (including phenoxy) is 2. The zero-order valence-corrected chi connectivity index (χ0v) is 14.1. The molecule has 2 unspecified atom stereocenters. The minimum Gasteiger partial charge on any atom is -0.400 e. The summed E-state index contributed by atoms with van der Waals surface area (Å²) >= 11 is 1.66. The van der Waals surface area contributed by atoms with Gasteiger partial charge in [-0.1, -0.05) is 6.07 Å². The Balaban J connectivity index is 1.63. The molecule has 3 aliphatic rings. The fraction of sp³-hybridized carbons (Fsp3) is 0.333. The quantitative estimate of drug-likeness (QED) is 0.787. The van der Waals surface area contributed by atoms with Crippen LogP contribution in [0.3, 0.4) is 0 Å². The molecule has 2 saturated heterocycles. The van der Waals surface area contributed by atoms with Crippen molar-refractivity contribution < 1.29 is 19.1 Å². The fourth-order valence-corrected chi connectivity index (χ4v) is 4.91. The van der Waals surface area contributed by atoms with Gasteiger partial charge in [0, 0.05) is 48.1 Å². The number of nitrogens with one attached hydrogen (secondary N) is 1. The Bertz CT molecular complexity index is 885. The zero-order valence-electron chi connectivity index (χ0n) is 13.3. The van der Waals surface area contributed by atoms with Crippen molar-refractivity contribution in [3.63, 3.8) is 0 Å². The third-order valence-corrected chi connectivity index (χ3v) is 6.08. The number of hydrogen-bond donors (Lipinski definition) is 1. The van der Waals surface area contributed by atoms with Crippen molar-refractivity contribution in [1.29, 1.82) is 0 Å². The first-order valence-corrected chi connectivity index (χ1v) is 9.13. The predicted molar refractivity (Wildman–Crippen MR) is 93.1 cm³/mol. The molecule has 25 heavy (non-hydrogen) atoms. The molecule has 2 atom stereocenters. The number of fused-ring (bicyclic) bond motifs is 3. The Hall–Kier alpha value is -2.38. The van der Waals surface area contributed by atoms with Crippen LogP contribution in [0.2, 0.25) is 0 Å². The molecule has 4 heterocycles. The second kappa shape index (κ2) is 5.31. The topological polar surface area (TPSA) is 67.9 Å². The number of benzene rings is 1. The van der Waals surface area contributed by atoms with Crippen LogP contribution in [-0.2, 0) is 19.1 Å². The number of carbonyl (C=O) groups excluding carboxylic acids is 2. The SMILES string of the molecule is O=C1C=CC(=O)OC2(O1)C1CNCC1CN2c1ccc2ccsc2c1. The largest absolute Gasteiger partial charge is 0.400 e. The fourth-order valence-electron chi connectivity index (χ4n) is 4.09. The highest BCUT2D eigenvalue weighted by atomic mass is 32.1. The molecule has 1 N–H and O–H groups in total.